The maximum absolute atomic E-state index is 12.2. The van der Waals surface area contributed by atoms with Gasteiger partial charge in [0.1, 0.15) is 6.29 Å². The largest absolute Gasteiger partial charge is 0.477 e. The van der Waals surface area contributed by atoms with E-state index in [0.717, 1.165) is 24.5 Å². The number of nitro groups is 1. The Balaban J connectivity index is 1.61. The fourth-order valence-corrected chi connectivity index (χ4v) is 3.40. The standard InChI is InChI=1S/C21H22N2O5/c1-14(17-8-7-16-4-2-3-5-18(16)11-17)22-21(25)13-28-20-9-6-15(12-24)10-19(20)23(26)27/h6-12,14H,2-5,13H2,1H3,(H,22,25)/t14-/m0/s1. The van der Waals surface area contributed by atoms with E-state index in [1.54, 1.807) is 0 Å². The first-order chi connectivity index (χ1) is 13.5. The first-order valence-corrected chi connectivity index (χ1v) is 9.25. The molecule has 0 aromatic heterocycles. The van der Waals surface area contributed by atoms with Crippen LogP contribution < -0.4 is 10.1 Å². The van der Waals surface area contributed by atoms with Gasteiger partial charge in [0.05, 0.1) is 11.0 Å². The van der Waals surface area contributed by atoms with E-state index in [0.29, 0.717) is 6.29 Å². The number of fused-ring (bicyclic) bond motifs is 1. The molecule has 146 valence electrons. The van der Waals surface area contributed by atoms with E-state index in [9.17, 15) is 19.7 Å². The van der Waals surface area contributed by atoms with Crippen LogP contribution in [0.3, 0.4) is 0 Å². The summed E-state index contributed by atoms with van der Waals surface area (Å²) in [5, 5.41) is 14.0. The highest BCUT2D eigenvalue weighted by molar-refractivity contribution is 5.79. The zero-order valence-corrected chi connectivity index (χ0v) is 15.6. The van der Waals surface area contributed by atoms with Gasteiger partial charge in [-0.15, -0.1) is 0 Å². The van der Waals surface area contributed by atoms with Crippen molar-refractivity contribution < 1.29 is 19.2 Å². The van der Waals surface area contributed by atoms with Crippen LogP contribution >= 0.6 is 0 Å². The molecule has 0 unspecified atom stereocenters. The third-order valence-electron chi connectivity index (χ3n) is 4.92. The molecule has 0 saturated carbocycles. The third kappa shape index (κ3) is 4.54. The van der Waals surface area contributed by atoms with Gasteiger partial charge in [0, 0.05) is 11.6 Å². The molecule has 1 atom stereocenters. The lowest BCUT2D eigenvalue weighted by atomic mass is 9.89. The first-order valence-electron chi connectivity index (χ1n) is 9.25. The molecule has 0 heterocycles. The second-order valence-electron chi connectivity index (χ2n) is 6.92. The molecule has 0 saturated heterocycles. The van der Waals surface area contributed by atoms with E-state index < -0.39 is 4.92 Å². The van der Waals surface area contributed by atoms with Gasteiger partial charge in [-0.2, -0.15) is 0 Å². The smallest absolute Gasteiger partial charge is 0.311 e. The summed E-state index contributed by atoms with van der Waals surface area (Å²) < 4.78 is 5.32. The fraction of sp³-hybridized carbons (Fsp3) is 0.333. The number of hydrogen-bond donors (Lipinski definition) is 1. The minimum atomic E-state index is -0.643. The number of nitro benzene ring substituents is 1. The van der Waals surface area contributed by atoms with Gasteiger partial charge in [-0.1, -0.05) is 18.2 Å². The Morgan fingerprint density at radius 3 is 2.68 bits per heavy atom. The summed E-state index contributed by atoms with van der Waals surface area (Å²) in [6.07, 6.45) is 5.09. The molecule has 0 radical (unpaired) electrons. The summed E-state index contributed by atoms with van der Waals surface area (Å²) >= 11 is 0. The fourth-order valence-electron chi connectivity index (χ4n) is 3.40. The number of aryl methyl sites for hydroxylation is 2. The monoisotopic (exact) mass is 382 g/mol. The van der Waals surface area contributed by atoms with Crippen LogP contribution in [0.2, 0.25) is 0 Å². The summed E-state index contributed by atoms with van der Waals surface area (Å²) in [7, 11) is 0. The zero-order chi connectivity index (χ0) is 20.1. The quantitative estimate of drug-likeness (QED) is 0.449. The van der Waals surface area contributed by atoms with Crippen LogP contribution in [0.25, 0.3) is 0 Å². The van der Waals surface area contributed by atoms with E-state index >= 15 is 0 Å². The lowest BCUT2D eigenvalue weighted by Crippen LogP contribution is -2.31. The van der Waals surface area contributed by atoms with E-state index in [2.05, 4.69) is 17.4 Å². The van der Waals surface area contributed by atoms with Gasteiger partial charge in [0.25, 0.3) is 5.91 Å². The van der Waals surface area contributed by atoms with Crippen LogP contribution in [-0.4, -0.2) is 23.7 Å². The van der Waals surface area contributed by atoms with Crippen LogP contribution in [0, 0.1) is 10.1 Å². The zero-order valence-electron chi connectivity index (χ0n) is 15.6. The van der Waals surface area contributed by atoms with Crippen molar-refractivity contribution >= 4 is 17.9 Å². The number of aldehydes is 1. The Labute approximate surface area is 162 Å². The average Bonchev–Trinajstić information content (AvgIpc) is 2.71. The van der Waals surface area contributed by atoms with Crippen LogP contribution in [0.15, 0.2) is 36.4 Å². The molecule has 1 aliphatic rings. The number of ether oxygens (including phenoxy) is 1. The molecule has 28 heavy (non-hydrogen) atoms. The Bertz CT molecular complexity index is 910. The molecule has 0 bridgehead atoms. The van der Waals surface area contributed by atoms with Gasteiger partial charge in [-0.05, 0) is 61.4 Å². The van der Waals surface area contributed by atoms with Gasteiger partial charge in [-0.25, -0.2) is 0 Å². The van der Waals surface area contributed by atoms with Crippen LogP contribution in [-0.2, 0) is 17.6 Å². The summed E-state index contributed by atoms with van der Waals surface area (Å²) in [6, 6.07) is 9.94. The molecule has 7 nitrogen and oxygen atoms in total. The van der Waals surface area contributed by atoms with Gasteiger partial charge in [-0.3, -0.25) is 19.7 Å². The molecule has 2 aromatic rings. The Hall–Kier alpha value is -3.22. The van der Waals surface area contributed by atoms with E-state index in [1.807, 2.05) is 13.0 Å². The normalized spacial score (nSPS) is 13.9. The maximum Gasteiger partial charge on any atom is 0.311 e. The lowest BCUT2D eigenvalue weighted by Gasteiger charge is -2.20. The number of nitrogens with zero attached hydrogens (tertiary/aromatic N) is 1. The molecule has 2 aromatic carbocycles. The van der Waals surface area contributed by atoms with Crippen molar-refractivity contribution in [2.75, 3.05) is 6.61 Å². The van der Waals surface area contributed by atoms with Crippen molar-refractivity contribution in [3.05, 3.63) is 68.8 Å². The summed E-state index contributed by atoms with van der Waals surface area (Å²) in [6.45, 7) is 1.54. The second-order valence-corrected chi connectivity index (χ2v) is 6.92. The Morgan fingerprint density at radius 1 is 1.21 bits per heavy atom. The third-order valence-corrected chi connectivity index (χ3v) is 4.92. The van der Waals surface area contributed by atoms with Crippen LogP contribution in [0.4, 0.5) is 5.69 Å². The highest BCUT2D eigenvalue weighted by atomic mass is 16.6. The minimum Gasteiger partial charge on any atom is -0.477 e. The van der Waals surface area contributed by atoms with Gasteiger partial charge >= 0.3 is 5.69 Å². The van der Waals surface area contributed by atoms with Gasteiger partial charge in [0.2, 0.25) is 0 Å². The molecule has 1 amide bonds. The van der Waals surface area contributed by atoms with E-state index in [-0.39, 0.29) is 35.6 Å². The first kappa shape index (κ1) is 19.5. The van der Waals surface area contributed by atoms with Crippen molar-refractivity contribution in [1.82, 2.24) is 5.32 Å². The average molecular weight is 382 g/mol. The number of carbonyl (C=O) groups is 2. The molecule has 0 spiro atoms. The molecule has 1 aliphatic carbocycles. The molecule has 0 aliphatic heterocycles. The molecular weight excluding hydrogens is 360 g/mol. The SMILES string of the molecule is C[C@H](NC(=O)COc1ccc(C=O)cc1[N+](=O)[O-])c1ccc2c(c1)CCCC2. The Morgan fingerprint density at radius 2 is 1.96 bits per heavy atom. The highest BCUT2D eigenvalue weighted by Gasteiger charge is 2.18. The maximum atomic E-state index is 12.2. The lowest BCUT2D eigenvalue weighted by molar-refractivity contribution is -0.385. The summed E-state index contributed by atoms with van der Waals surface area (Å²) in [5.41, 5.74) is 3.56. The number of amides is 1. The molecule has 3 rings (SSSR count). The topological polar surface area (TPSA) is 98.5 Å². The molecule has 0 fully saturated rings. The number of carbonyl (C=O) groups excluding carboxylic acids is 2. The van der Waals surface area contributed by atoms with Gasteiger partial charge < -0.3 is 10.1 Å². The van der Waals surface area contributed by atoms with E-state index in [4.69, 9.17) is 4.74 Å². The molecule has 7 heteroatoms. The Kier molecular flexibility index (Phi) is 6.03. The van der Waals surface area contributed by atoms with Crippen molar-refractivity contribution in [3.63, 3.8) is 0 Å². The highest BCUT2D eigenvalue weighted by Crippen LogP contribution is 2.28. The summed E-state index contributed by atoms with van der Waals surface area (Å²) in [5.74, 6) is -0.425. The van der Waals surface area contributed by atoms with Crippen molar-refractivity contribution in [1.29, 1.82) is 0 Å². The number of benzene rings is 2. The van der Waals surface area contributed by atoms with Crippen molar-refractivity contribution in [2.45, 2.75) is 38.6 Å². The van der Waals surface area contributed by atoms with Crippen molar-refractivity contribution in [2.24, 2.45) is 0 Å². The van der Waals surface area contributed by atoms with E-state index in [1.165, 1.54) is 36.1 Å². The van der Waals surface area contributed by atoms with Crippen molar-refractivity contribution in [3.8, 4) is 5.75 Å². The molecule has 1 N–H and O–H groups in total. The summed E-state index contributed by atoms with van der Waals surface area (Å²) in [4.78, 5) is 33.5. The predicted octanol–water partition coefficient (Wildman–Crippen LogP) is 3.54. The predicted molar refractivity (Wildman–Crippen MR) is 104 cm³/mol. The van der Waals surface area contributed by atoms with Crippen LogP contribution in [0.5, 0.6) is 5.75 Å². The molecular formula is C21H22N2O5. The van der Waals surface area contributed by atoms with Gasteiger partial charge in [0.15, 0.2) is 12.4 Å². The number of hydrogen-bond acceptors (Lipinski definition) is 5. The second kappa shape index (κ2) is 8.65. The van der Waals surface area contributed by atoms with Crippen LogP contribution in [0.1, 0.15) is 52.9 Å². The number of rotatable bonds is 7. The minimum absolute atomic E-state index is 0.0489. The number of nitrogens with one attached hydrogen (secondary N) is 1.